The Balaban J connectivity index is 1.80. The van der Waals surface area contributed by atoms with Crippen molar-refractivity contribution in [1.82, 2.24) is 20.5 Å². The number of carbonyl (C=O) groups is 1. The Kier molecular flexibility index (Phi) is 3.61. The minimum atomic E-state index is -0.482. The predicted molar refractivity (Wildman–Crippen MR) is 98.6 cm³/mol. The number of anilines is 1. The van der Waals surface area contributed by atoms with Crippen molar-refractivity contribution in [2.24, 2.45) is 0 Å². The highest BCUT2D eigenvalue weighted by atomic mass is 32.1. The van der Waals surface area contributed by atoms with E-state index in [-0.39, 0.29) is 5.91 Å². The van der Waals surface area contributed by atoms with Crippen molar-refractivity contribution in [3.63, 3.8) is 0 Å². The topological polar surface area (TPSA) is 73.9 Å². The second kappa shape index (κ2) is 5.70. The molecule has 25 heavy (non-hydrogen) atoms. The van der Waals surface area contributed by atoms with Crippen molar-refractivity contribution in [3.8, 4) is 10.4 Å². The van der Waals surface area contributed by atoms with Crippen LogP contribution in [0.2, 0.25) is 0 Å². The highest BCUT2D eigenvalue weighted by Gasteiger charge is 2.38. The Morgan fingerprint density at radius 1 is 1.32 bits per heavy atom. The number of nitrogens with one attached hydrogen (secondary N) is 2. The van der Waals surface area contributed by atoms with Crippen LogP contribution in [0, 0.1) is 6.92 Å². The Morgan fingerprint density at radius 2 is 2.16 bits per heavy atom. The second-order valence-electron chi connectivity index (χ2n) is 6.69. The van der Waals surface area contributed by atoms with Crippen LogP contribution < -0.4 is 10.2 Å². The molecular weight excluding hydrogens is 334 g/mol. The zero-order chi connectivity index (χ0) is 17.6. The molecule has 1 aliphatic heterocycles. The molecule has 4 heterocycles. The number of aryl methyl sites for hydroxylation is 1. The van der Waals surface area contributed by atoms with E-state index in [1.807, 2.05) is 39.1 Å². The molecule has 0 spiro atoms. The van der Waals surface area contributed by atoms with Gasteiger partial charge in [0.1, 0.15) is 10.5 Å². The lowest BCUT2D eigenvalue weighted by atomic mass is 10.1. The Labute approximate surface area is 149 Å². The molecule has 2 N–H and O–H groups in total. The van der Waals surface area contributed by atoms with Gasteiger partial charge in [-0.05, 0) is 38.5 Å². The van der Waals surface area contributed by atoms with E-state index in [1.165, 1.54) is 11.3 Å². The lowest BCUT2D eigenvalue weighted by Crippen LogP contribution is -2.59. The third-order valence-corrected chi connectivity index (χ3v) is 5.62. The number of nitrogens with zero attached hydrogens (tertiary/aromatic N) is 3. The summed E-state index contributed by atoms with van der Waals surface area (Å²) in [5.74, 6) is -0.0279. The van der Waals surface area contributed by atoms with Crippen LogP contribution >= 0.6 is 11.3 Å². The number of aromatic amines is 1. The molecule has 3 aromatic heterocycles. The van der Waals surface area contributed by atoms with Crippen LogP contribution in [0.25, 0.3) is 10.4 Å². The summed E-state index contributed by atoms with van der Waals surface area (Å²) in [5.41, 5.74) is 3.61. The van der Waals surface area contributed by atoms with Crippen molar-refractivity contribution in [3.05, 3.63) is 52.9 Å². The molecule has 128 valence electrons. The average molecular weight is 353 g/mol. The van der Waals surface area contributed by atoms with Crippen LogP contribution in [0.1, 0.15) is 34.8 Å². The standard InChI is InChI=1S/C18H19N5OS/c1-11-13(9-20-22-11)15-7-14-16(25-15)17(24)21-18(2,3)23(14)10-12-5-4-6-19-8-12/h4-9H,10H2,1-3H3,(H,20,22)(H,21,24). The maximum atomic E-state index is 12.6. The number of hydrogen-bond acceptors (Lipinski definition) is 5. The van der Waals surface area contributed by atoms with Crippen LogP contribution in [-0.2, 0) is 6.54 Å². The minimum absolute atomic E-state index is 0.0279. The molecule has 0 saturated carbocycles. The zero-order valence-electron chi connectivity index (χ0n) is 14.3. The van der Waals surface area contributed by atoms with Gasteiger partial charge in [0.2, 0.25) is 0 Å². The third-order valence-electron chi connectivity index (χ3n) is 4.46. The second-order valence-corrected chi connectivity index (χ2v) is 7.75. The molecule has 0 unspecified atom stereocenters. The fourth-order valence-electron chi connectivity index (χ4n) is 3.14. The molecule has 0 saturated heterocycles. The van der Waals surface area contributed by atoms with E-state index in [2.05, 4.69) is 31.5 Å². The Bertz CT molecular complexity index is 928. The lowest BCUT2D eigenvalue weighted by molar-refractivity contribution is 0.0902. The molecule has 0 aliphatic carbocycles. The summed E-state index contributed by atoms with van der Waals surface area (Å²) in [6.45, 7) is 6.70. The molecule has 4 rings (SSSR count). The summed E-state index contributed by atoms with van der Waals surface area (Å²) in [6, 6.07) is 6.07. The molecule has 1 amide bonds. The molecule has 0 radical (unpaired) electrons. The van der Waals surface area contributed by atoms with Crippen molar-refractivity contribution < 1.29 is 4.79 Å². The van der Waals surface area contributed by atoms with Crippen molar-refractivity contribution in [2.75, 3.05) is 4.90 Å². The van der Waals surface area contributed by atoms with Gasteiger partial charge >= 0.3 is 0 Å². The number of hydrogen-bond donors (Lipinski definition) is 2. The highest BCUT2D eigenvalue weighted by Crippen LogP contribution is 2.42. The van der Waals surface area contributed by atoms with Gasteiger partial charge in [-0.15, -0.1) is 11.3 Å². The number of H-pyrrole nitrogens is 1. The van der Waals surface area contributed by atoms with Crippen LogP contribution in [0.4, 0.5) is 5.69 Å². The molecule has 0 atom stereocenters. The van der Waals surface area contributed by atoms with Crippen LogP contribution in [0.5, 0.6) is 0 Å². The van der Waals surface area contributed by atoms with E-state index in [4.69, 9.17) is 0 Å². The highest BCUT2D eigenvalue weighted by molar-refractivity contribution is 7.18. The molecule has 7 heteroatoms. The van der Waals surface area contributed by atoms with E-state index in [9.17, 15) is 4.79 Å². The first-order valence-corrected chi connectivity index (χ1v) is 8.90. The van der Waals surface area contributed by atoms with Gasteiger partial charge in [0.05, 0.1) is 11.9 Å². The molecule has 0 aromatic carbocycles. The first kappa shape index (κ1) is 15.8. The van der Waals surface area contributed by atoms with Crippen LogP contribution in [-0.4, -0.2) is 26.8 Å². The zero-order valence-corrected chi connectivity index (χ0v) is 15.1. The fourth-order valence-corrected chi connectivity index (χ4v) is 4.26. The minimum Gasteiger partial charge on any atom is -0.343 e. The van der Waals surface area contributed by atoms with E-state index in [0.29, 0.717) is 6.54 Å². The molecular formula is C18H19N5OS. The smallest absolute Gasteiger partial charge is 0.265 e. The van der Waals surface area contributed by atoms with Gasteiger partial charge in [0.25, 0.3) is 5.91 Å². The summed E-state index contributed by atoms with van der Waals surface area (Å²) < 4.78 is 0. The number of amides is 1. The lowest BCUT2D eigenvalue weighted by Gasteiger charge is -2.44. The normalized spacial score (nSPS) is 15.8. The number of thiophene rings is 1. The molecule has 0 fully saturated rings. The van der Waals surface area contributed by atoms with E-state index in [1.54, 1.807) is 12.4 Å². The fraction of sp³-hybridized carbons (Fsp3) is 0.278. The van der Waals surface area contributed by atoms with Crippen molar-refractivity contribution in [2.45, 2.75) is 33.0 Å². The van der Waals surface area contributed by atoms with Gasteiger partial charge in [0.15, 0.2) is 0 Å². The maximum Gasteiger partial charge on any atom is 0.265 e. The summed E-state index contributed by atoms with van der Waals surface area (Å²) in [4.78, 5) is 20.8. The summed E-state index contributed by atoms with van der Waals surface area (Å²) in [5, 5.41) is 10.2. The summed E-state index contributed by atoms with van der Waals surface area (Å²) >= 11 is 1.50. The third kappa shape index (κ3) is 2.70. The molecule has 3 aromatic rings. The first-order chi connectivity index (χ1) is 12.0. The van der Waals surface area contributed by atoms with Gasteiger partial charge in [-0.1, -0.05) is 6.07 Å². The van der Waals surface area contributed by atoms with Gasteiger partial charge in [-0.2, -0.15) is 5.10 Å². The Hall–Kier alpha value is -2.67. The molecule has 1 aliphatic rings. The summed E-state index contributed by atoms with van der Waals surface area (Å²) in [6.07, 6.45) is 5.43. The predicted octanol–water partition coefficient (Wildman–Crippen LogP) is 3.33. The monoisotopic (exact) mass is 353 g/mol. The molecule has 6 nitrogen and oxygen atoms in total. The maximum absolute atomic E-state index is 12.6. The average Bonchev–Trinajstić information content (AvgIpc) is 3.18. The first-order valence-electron chi connectivity index (χ1n) is 8.09. The van der Waals surface area contributed by atoms with Gasteiger partial charge in [0, 0.05) is 35.1 Å². The number of carbonyl (C=O) groups excluding carboxylic acids is 1. The SMILES string of the molecule is Cc1[nH]ncc1-c1cc2c(s1)C(=O)NC(C)(C)N2Cc1cccnc1. The van der Waals surface area contributed by atoms with E-state index >= 15 is 0 Å². The van der Waals surface area contributed by atoms with Crippen molar-refractivity contribution >= 4 is 22.9 Å². The van der Waals surface area contributed by atoms with Crippen LogP contribution in [0.15, 0.2) is 36.8 Å². The number of rotatable bonds is 3. The number of fused-ring (bicyclic) bond motifs is 1. The quantitative estimate of drug-likeness (QED) is 0.757. The number of pyridine rings is 1. The van der Waals surface area contributed by atoms with Gasteiger partial charge in [-0.3, -0.25) is 14.9 Å². The number of aromatic nitrogens is 3. The summed E-state index contributed by atoms with van der Waals surface area (Å²) in [7, 11) is 0. The van der Waals surface area contributed by atoms with Crippen molar-refractivity contribution in [1.29, 1.82) is 0 Å². The van der Waals surface area contributed by atoms with Gasteiger partial charge in [-0.25, -0.2) is 0 Å². The molecule has 0 bridgehead atoms. The largest absolute Gasteiger partial charge is 0.343 e. The van der Waals surface area contributed by atoms with Crippen LogP contribution in [0.3, 0.4) is 0 Å². The Morgan fingerprint density at radius 3 is 2.84 bits per heavy atom. The van der Waals surface area contributed by atoms with E-state index < -0.39 is 5.66 Å². The van der Waals surface area contributed by atoms with E-state index in [0.717, 1.165) is 32.3 Å². The van der Waals surface area contributed by atoms with Gasteiger partial charge < -0.3 is 10.2 Å².